The minimum atomic E-state index is -0.640. The van der Waals surface area contributed by atoms with Crippen molar-refractivity contribution < 1.29 is 18.4 Å². The Morgan fingerprint density at radius 3 is 2.53 bits per heavy atom. The van der Waals surface area contributed by atoms with E-state index in [0.717, 1.165) is 0 Å². The van der Waals surface area contributed by atoms with E-state index in [4.69, 9.17) is 9.57 Å². The van der Waals surface area contributed by atoms with E-state index in [0.29, 0.717) is 13.2 Å². The lowest BCUT2D eigenvalue weighted by Gasteiger charge is -2.17. The number of hydrogen-bond acceptors (Lipinski definition) is 3. The molecule has 0 aromatic heterocycles. The highest BCUT2D eigenvalue weighted by molar-refractivity contribution is 5.52. The minimum Gasteiger partial charge on any atom is -0.475 e. The molecule has 0 bridgehead atoms. The van der Waals surface area contributed by atoms with Gasteiger partial charge < -0.3 is 4.74 Å². The molecule has 80 valence electrons. The highest BCUT2D eigenvalue weighted by Gasteiger charge is 2.10. The molecule has 3 nitrogen and oxygen atoms in total. The molecule has 1 aromatic carbocycles. The Kier molecular flexibility index (Phi) is 2.82. The summed E-state index contributed by atoms with van der Waals surface area (Å²) in [5, 5.41) is 0. The molecule has 2 rings (SSSR count). The number of benzene rings is 1. The van der Waals surface area contributed by atoms with E-state index < -0.39 is 11.6 Å². The average molecular weight is 213 g/mol. The van der Waals surface area contributed by atoms with E-state index in [1.54, 1.807) is 0 Å². The Labute approximate surface area is 85.3 Å². The number of nitrogens with one attached hydrogen (secondary N) is 1. The zero-order valence-corrected chi connectivity index (χ0v) is 7.80. The summed E-state index contributed by atoms with van der Waals surface area (Å²) in [6.07, 6.45) is 1.23. The van der Waals surface area contributed by atoms with Crippen molar-refractivity contribution in [3.63, 3.8) is 0 Å². The standard InChI is InChI=1S/C10H9F2NO2/c11-8-2-1-3-9(12)7(8)6-10-13-15-5-4-14-10/h1-3,6,13H,4-5H2. The van der Waals surface area contributed by atoms with E-state index >= 15 is 0 Å². The molecule has 1 heterocycles. The van der Waals surface area contributed by atoms with E-state index in [2.05, 4.69) is 5.48 Å². The van der Waals surface area contributed by atoms with Gasteiger partial charge in [-0.25, -0.2) is 14.3 Å². The van der Waals surface area contributed by atoms with Crippen LogP contribution in [0.1, 0.15) is 5.56 Å². The molecule has 0 saturated carbocycles. The van der Waals surface area contributed by atoms with Gasteiger partial charge in [0.1, 0.15) is 24.8 Å². The molecule has 0 spiro atoms. The van der Waals surface area contributed by atoms with Gasteiger partial charge in [0.05, 0.1) is 5.56 Å². The molecule has 0 amide bonds. The Balaban J connectivity index is 2.29. The Morgan fingerprint density at radius 1 is 1.20 bits per heavy atom. The molecule has 0 radical (unpaired) electrons. The molecule has 1 fully saturated rings. The van der Waals surface area contributed by atoms with Crippen LogP contribution in [0.2, 0.25) is 0 Å². The van der Waals surface area contributed by atoms with Crippen molar-refractivity contribution in [2.75, 3.05) is 13.2 Å². The molecule has 1 aliphatic rings. The molecular weight excluding hydrogens is 204 g/mol. The van der Waals surface area contributed by atoms with E-state index in [-0.39, 0.29) is 11.4 Å². The first-order valence-electron chi connectivity index (χ1n) is 4.43. The second-order valence-corrected chi connectivity index (χ2v) is 2.94. The topological polar surface area (TPSA) is 30.5 Å². The maximum atomic E-state index is 13.2. The first kappa shape index (κ1) is 9.92. The van der Waals surface area contributed by atoms with Gasteiger partial charge in [-0.15, -0.1) is 0 Å². The molecular formula is C10H9F2NO2. The molecule has 1 saturated heterocycles. The summed E-state index contributed by atoms with van der Waals surface area (Å²) >= 11 is 0. The SMILES string of the molecule is Fc1cccc(F)c1C=C1NOCCO1. The van der Waals surface area contributed by atoms with Gasteiger partial charge in [0, 0.05) is 6.08 Å². The van der Waals surface area contributed by atoms with Crippen LogP contribution in [0.25, 0.3) is 6.08 Å². The van der Waals surface area contributed by atoms with Crippen molar-refractivity contribution in [1.82, 2.24) is 5.48 Å². The lowest BCUT2D eigenvalue weighted by molar-refractivity contribution is -0.0553. The fourth-order valence-corrected chi connectivity index (χ4v) is 1.20. The predicted octanol–water partition coefficient (Wildman–Crippen LogP) is 1.81. The summed E-state index contributed by atoms with van der Waals surface area (Å²) in [7, 11) is 0. The number of rotatable bonds is 1. The highest BCUT2D eigenvalue weighted by Crippen LogP contribution is 2.16. The van der Waals surface area contributed by atoms with Gasteiger partial charge in [-0.3, -0.25) is 4.84 Å². The first-order chi connectivity index (χ1) is 7.27. The molecule has 1 aliphatic heterocycles. The van der Waals surface area contributed by atoms with Crippen molar-refractivity contribution in [2.24, 2.45) is 0 Å². The normalized spacial score (nSPS) is 18.4. The van der Waals surface area contributed by atoms with Gasteiger partial charge in [-0.1, -0.05) is 6.07 Å². The summed E-state index contributed by atoms with van der Waals surface area (Å²) in [5.74, 6) is -1.08. The molecule has 15 heavy (non-hydrogen) atoms. The number of halogens is 2. The van der Waals surface area contributed by atoms with E-state index in [1.807, 2.05) is 0 Å². The minimum absolute atomic E-state index is 0.148. The maximum absolute atomic E-state index is 13.2. The molecule has 0 atom stereocenters. The lowest BCUT2D eigenvalue weighted by atomic mass is 10.2. The van der Waals surface area contributed by atoms with Gasteiger partial charge in [0.2, 0.25) is 5.88 Å². The van der Waals surface area contributed by atoms with Crippen LogP contribution >= 0.6 is 0 Å². The van der Waals surface area contributed by atoms with Crippen LogP contribution in [-0.2, 0) is 9.57 Å². The van der Waals surface area contributed by atoms with Crippen LogP contribution in [0.15, 0.2) is 24.1 Å². The van der Waals surface area contributed by atoms with Crippen molar-refractivity contribution in [3.05, 3.63) is 41.3 Å². The largest absolute Gasteiger partial charge is 0.475 e. The molecule has 0 unspecified atom stereocenters. The van der Waals surface area contributed by atoms with Crippen LogP contribution in [0, 0.1) is 11.6 Å². The Bertz CT molecular complexity index is 365. The van der Waals surface area contributed by atoms with Crippen LogP contribution in [0.4, 0.5) is 8.78 Å². The highest BCUT2D eigenvalue weighted by atomic mass is 19.1. The summed E-state index contributed by atoms with van der Waals surface area (Å²) < 4.78 is 31.5. The van der Waals surface area contributed by atoms with Gasteiger partial charge in [0.15, 0.2) is 0 Å². The number of hydrogen-bond donors (Lipinski definition) is 1. The second-order valence-electron chi connectivity index (χ2n) is 2.94. The summed E-state index contributed by atoms with van der Waals surface area (Å²) in [6.45, 7) is 0.756. The fourth-order valence-electron chi connectivity index (χ4n) is 1.20. The molecule has 1 aromatic rings. The third kappa shape index (κ3) is 2.24. The van der Waals surface area contributed by atoms with E-state index in [1.165, 1.54) is 24.3 Å². The second kappa shape index (κ2) is 4.27. The predicted molar refractivity (Wildman–Crippen MR) is 49.4 cm³/mol. The van der Waals surface area contributed by atoms with Gasteiger partial charge in [-0.2, -0.15) is 0 Å². The van der Waals surface area contributed by atoms with E-state index in [9.17, 15) is 8.78 Å². The first-order valence-corrected chi connectivity index (χ1v) is 4.43. The van der Waals surface area contributed by atoms with Crippen LogP contribution < -0.4 is 5.48 Å². The maximum Gasteiger partial charge on any atom is 0.211 e. The smallest absolute Gasteiger partial charge is 0.211 e. The average Bonchev–Trinajstić information content (AvgIpc) is 2.25. The zero-order valence-electron chi connectivity index (χ0n) is 7.80. The molecule has 1 N–H and O–H groups in total. The third-order valence-corrected chi connectivity index (χ3v) is 1.89. The Morgan fingerprint density at radius 2 is 1.93 bits per heavy atom. The van der Waals surface area contributed by atoms with Gasteiger partial charge in [-0.05, 0) is 12.1 Å². The number of ether oxygens (including phenoxy) is 1. The molecule has 0 aliphatic carbocycles. The fraction of sp³-hybridized carbons (Fsp3) is 0.200. The zero-order chi connectivity index (χ0) is 10.7. The summed E-state index contributed by atoms with van der Waals surface area (Å²) in [5.41, 5.74) is 2.28. The van der Waals surface area contributed by atoms with Crippen molar-refractivity contribution in [1.29, 1.82) is 0 Å². The van der Waals surface area contributed by atoms with Crippen molar-refractivity contribution >= 4 is 6.08 Å². The summed E-state index contributed by atoms with van der Waals surface area (Å²) in [6, 6.07) is 3.66. The monoisotopic (exact) mass is 213 g/mol. The van der Waals surface area contributed by atoms with Crippen LogP contribution in [-0.4, -0.2) is 13.2 Å². The number of hydroxylamine groups is 1. The van der Waals surface area contributed by atoms with Crippen LogP contribution in [0.5, 0.6) is 0 Å². The quantitative estimate of drug-likeness (QED) is 0.771. The van der Waals surface area contributed by atoms with Crippen molar-refractivity contribution in [2.45, 2.75) is 0 Å². The Hall–Kier alpha value is -1.62. The third-order valence-electron chi connectivity index (χ3n) is 1.89. The molecule has 5 heteroatoms. The van der Waals surface area contributed by atoms with Gasteiger partial charge in [0.25, 0.3) is 0 Å². The lowest BCUT2D eigenvalue weighted by Crippen LogP contribution is -2.26. The van der Waals surface area contributed by atoms with Crippen LogP contribution in [0.3, 0.4) is 0 Å². The summed E-state index contributed by atoms with van der Waals surface area (Å²) in [4.78, 5) is 4.85. The van der Waals surface area contributed by atoms with Crippen molar-refractivity contribution in [3.8, 4) is 0 Å². The van der Waals surface area contributed by atoms with Gasteiger partial charge >= 0.3 is 0 Å².